The molecule has 0 radical (unpaired) electrons. The van der Waals surface area contributed by atoms with E-state index in [0.717, 1.165) is 16.7 Å². The van der Waals surface area contributed by atoms with Crippen molar-refractivity contribution in [1.29, 1.82) is 5.26 Å². The second kappa shape index (κ2) is 8.59. The molecule has 3 aromatic rings. The van der Waals surface area contributed by atoms with Gasteiger partial charge in [0.1, 0.15) is 17.5 Å². The highest BCUT2D eigenvalue weighted by Crippen LogP contribution is 2.15. The number of rotatable bonds is 5. The molecule has 0 atom stereocenters. The predicted molar refractivity (Wildman–Crippen MR) is 104 cm³/mol. The monoisotopic (exact) mass is 356 g/mol. The molecule has 3 nitrogen and oxygen atoms in total. The summed E-state index contributed by atoms with van der Waals surface area (Å²) < 4.78 is 13.3. The number of nitrogens with zero attached hydrogens (tertiary/aromatic N) is 1. The summed E-state index contributed by atoms with van der Waals surface area (Å²) in [5, 5.41) is 12.0. The van der Waals surface area contributed by atoms with Crippen molar-refractivity contribution in [2.75, 3.05) is 5.32 Å². The SMILES string of the molecule is N#C/C(=C\c1ccc(Cc2cccc(F)c2)cc1)C(=O)Nc1ccccc1. The van der Waals surface area contributed by atoms with E-state index in [1.54, 1.807) is 24.3 Å². The third-order valence-corrected chi connectivity index (χ3v) is 3.98. The zero-order chi connectivity index (χ0) is 19.1. The molecule has 0 aromatic heterocycles. The van der Waals surface area contributed by atoms with Crippen molar-refractivity contribution in [3.05, 3.63) is 107 Å². The van der Waals surface area contributed by atoms with Gasteiger partial charge < -0.3 is 5.32 Å². The summed E-state index contributed by atoms with van der Waals surface area (Å²) in [6.07, 6.45) is 2.16. The molecule has 0 bridgehead atoms. The summed E-state index contributed by atoms with van der Waals surface area (Å²) in [5.41, 5.74) is 3.31. The highest BCUT2D eigenvalue weighted by molar-refractivity contribution is 6.09. The first-order chi connectivity index (χ1) is 13.1. The molecule has 0 heterocycles. The van der Waals surface area contributed by atoms with Crippen molar-refractivity contribution in [1.82, 2.24) is 0 Å². The third kappa shape index (κ3) is 5.13. The minimum atomic E-state index is -0.451. The van der Waals surface area contributed by atoms with E-state index in [-0.39, 0.29) is 11.4 Å². The molecule has 0 aliphatic carbocycles. The quantitative estimate of drug-likeness (QED) is 0.519. The van der Waals surface area contributed by atoms with Crippen LogP contribution in [0.4, 0.5) is 10.1 Å². The molecule has 3 rings (SSSR count). The van der Waals surface area contributed by atoms with Crippen molar-refractivity contribution in [2.45, 2.75) is 6.42 Å². The zero-order valence-corrected chi connectivity index (χ0v) is 14.5. The molecule has 0 saturated carbocycles. The first-order valence-electron chi connectivity index (χ1n) is 8.45. The summed E-state index contributed by atoms with van der Waals surface area (Å²) in [5.74, 6) is -0.706. The first-order valence-corrected chi connectivity index (χ1v) is 8.45. The fourth-order valence-corrected chi connectivity index (χ4v) is 2.65. The van der Waals surface area contributed by atoms with Gasteiger partial charge in [-0.1, -0.05) is 54.6 Å². The minimum Gasteiger partial charge on any atom is -0.321 e. The fraction of sp³-hybridized carbons (Fsp3) is 0.0435. The van der Waals surface area contributed by atoms with Gasteiger partial charge in [0.2, 0.25) is 0 Å². The van der Waals surface area contributed by atoms with Gasteiger partial charge >= 0.3 is 0 Å². The predicted octanol–water partition coefficient (Wildman–Crippen LogP) is 4.96. The smallest absolute Gasteiger partial charge is 0.266 e. The number of anilines is 1. The van der Waals surface area contributed by atoms with E-state index < -0.39 is 5.91 Å². The number of nitrogens with one attached hydrogen (secondary N) is 1. The van der Waals surface area contributed by atoms with Crippen molar-refractivity contribution in [2.24, 2.45) is 0 Å². The minimum absolute atomic E-state index is 0.0248. The van der Waals surface area contributed by atoms with E-state index >= 15 is 0 Å². The van der Waals surface area contributed by atoms with E-state index in [1.165, 1.54) is 12.1 Å². The van der Waals surface area contributed by atoms with Crippen LogP contribution in [0.1, 0.15) is 16.7 Å². The maximum absolute atomic E-state index is 13.3. The van der Waals surface area contributed by atoms with Gasteiger partial charge in [-0.3, -0.25) is 4.79 Å². The topological polar surface area (TPSA) is 52.9 Å². The number of hydrogen-bond donors (Lipinski definition) is 1. The summed E-state index contributed by atoms with van der Waals surface area (Å²) in [6, 6.07) is 24.9. The molecule has 1 N–H and O–H groups in total. The average Bonchev–Trinajstić information content (AvgIpc) is 2.68. The summed E-state index contributed by atoms with van der Waals surface area (Å²) >= 11 is 0. The molecule has 0 saturated heterocycles. The Bertz CT molecular complexity index is 1000. The molecule has 132 valence electrons. The maximum atomic E-state index is 13.3. The maximum Gasteiger partial charge on any atom is 0.266 e. The van der Waals surface area contributed by atoms with Gasteiger partial charge in [0.05, 0.1) is 0 Å². The average molecular weight is 356 g/mol. The van der Waals surface area contributed by atoms with Gasteiger partial charge in [-0.15, -0.1) is 0 Å². The lowest BCUT2D eigenvalue weighted by Crippen LogP contribution is -2.13. The van der Waals surface area contributed by atoms with Crippen LogP contribution < -0.4 is 5.32 Å². The molecular weight excluding hydrogens is 339 g/mol. The van der Waals surface area contributed by atoms with E-state index in [4.69, 9.17) is 0 Å². The van der Waals surface area contributed by atoms with Crippen LogP contribution in [0, 0.1) is 17.1 Å². The van der Waals surface area contributed by atoms with E-state index in [9.17, 15) is 14.4 Å². The van der Waals surface area contributed by atoms with Gasteiger partial charge in [0.15, 0.2) is 0 Å². The molecule has 4 heteroatoms. The summed E-state index contributed by atoms with van der Waals surface area (Å²) in [6.45, 7) is 0. The van der Waals surface area contributed by atoms with Gasteiger partial charge in [-0.25, -0.2) is 4.39 Å². The molecule has 0 fully saturated rings. The molecule has 1 amide bonds. The standard InChI is InChI=1S/C23H17FN2O/c24-21-6-4-5-19(15-21)13-17-9-11-18(12-10-17)14-20(16-25)23(27)26-22-7-2-1-3-8-22/h1-12,14-15H,13H2,(H,26,27)/b20-14+. The number of carbonyl (C=O) groups is 1. The number of carbonyl (C=O) groups excluding carboxylic acids is 1. The Morgan fingerprint density at radius 1 is 0.963 bits per heavy atom. The number of halogens is 1. The van der Waals surface area contributed by atoms with Crippen molar-refractivity contribution >= 4 is 17.7 Å². The van der Waals surface area contributed by atoms with Crippen LogP contribution >= 0.6 is 0 Å². The van der Waals surface area contributed by atoms with Crippen molar-refractivity contribution in [3.8, 4) is 6.07 Å². The second-order valence-electron chi connectivity index (χ2n) is 6.04. The Morgan fingerprint density at radius 3 is 2.37 bits per heavy atom. The van der Waals surface area contributed by atoms with Crippen LogP contribution in [0.5, 0.6) is 0 Å². The van der Waals surface area contributed by atoms with E-state index in [0.29, 0.717) is 12.1 Å². The molecule has 0 spiro atoms. The molecule has 0 aliphatic heterocycles. The zero-order valence-electron chi connectivity index (χ0n) is 14.5. The van der Waals surface area contributed by atoms with Gasteiger partial charge in [-0.2, -0.15) is 5.26 Å². The Morgan fingerprint density at radius 2 is 1.70 bits per heavy atom. The fourth-order valence-electron chi connectivity index (χ4n) is 2.65. The highest BCUT2D eigenvalue weighted by atomic mass is 19.1. The molecule has 3 aromatic carbocycles. The Labute approximate surface area is 157 Å². The molecule has 0 unspecified atom stereocenters. The lowest BCUT2D eigenvalue weighted by Gasteiger charge is -2.05. The molecule has 0 aliphatic rings. The van der Waals surface area contributed by atoms with Crippen LogP contribution in [-0.2, 0) is 11.2 Å². The van der Waals surface area contributed by atoms with Crippen molar-refractivity contribution in [3.63, 3.8) is 0 Å². The number of hydrogen-bond acceptors (Lipinski definition) is 2. The number of amides is 1. The number of nitriles is 1. The van der Waals surface area contributed by atoms with E-state index in [2.05, 4.69) is 5.32 Å². The number of benzene rings is 3. The summed E-state index contributed by atoms with van der Waals surface area (Å²) in [4.78, 5) is 12.3. The Balaban J connectivity index is 1.71. The second-order valence-corrected chi connectivity index (χ2v) is 6.04. The van der Waals surface area contributed by atoms with Crippen LogP contribution in [-0.4, -0.2) is 5.91 Å². The lowest BCUT2D eigenvalue weighted by atomic mass is 10.0. The van der Waals surface area contributed by atoms with Gasteiger partial charge in [0, 0.05) is 5.69 Å². The van der Waals surface area contributed by atoms with Crippen molar-refractivity contribution < 1.29 is 9.18 Å². The first kappa shape index (κ1) is 18.1. The molecule has 27 heavy (non-hydrogen) atoms. The Kier molecular flexibility index (Phi) is 5.76. The van der Waals surface area contributed by atoms with Gasteiger partial charge in [-0.05, 0) is 53.5 Å². The van der Waals surface area contributed by atoms with Gasteiger partial charge in [0.25, 0.3) is 5.91 Å². The molecular formula is C23H17FN2O. The van der Waals surface area contributed by atoms with E-state index in [1.807, 2.05) is 54.6 Å². The normalized spacial score (nSPS) is 10.9. The lowest BCUT2D eigenvalue weighted by molar-refractivity contribution is -0.112. The van der Waals surface area contributed by atoms with Crippen LogP contribution in [0.15, 0.2) is 84.4 Å². The van der Waals surface area contributed by atoms with Crippen LogP contribution in [0.2, 0.25) is 0 Å². The van der Waals surface area contributed by atoms with Crippen LogP contribution in [0.3, 0.4) is 0 Å². The third-order valence-electron chi connectivity index (χ3n) is 3.98. The summed E-state index contributed by atoms with van der Waals surface area (Å²) in [7, 11) is 0. The highest BCUT2D eigenvalue weighted by Gasteiger charge is 2.09. The number of para-hydroxylation sites is 1. The Hall–Kier alpha value is -3.71. The largest absolute Gasteiger partial charge is 0.321 e. The van der Waals surface area contributed by atoms with Crippen LogP contribution in [0.25, 0.3) is 6.08 Å².